The van der Waals surface area contributed by atoms with Gasteiger partial charge in [-0.25, -0.2) is 10.2 Å². The van der Waals surface area contributed by atoms with Crippen molar-refractivity contribution in [1.82, 2.24) is 4.98 Å². The molecule has 2 aromatic rings. The number of nitrogens with one attached hydrogen (secondary N) is 1. The van der Waals surface area contributed by atoms with E-state index in [0.717, 1.165) is 5.56 Å². The van der Waals surface area contributed by atoms with Gasteiger partial charge in [-0.2, -0.15) is 4.98 Å². The molecular formula is C14H15N3O4. The fourth-order valence-electron chi connectivity index (χ4n) is 1.53. The topological polar surface area (TPSA) is 86.0 Å². The lowest BCUT2D eigenvalue weighted by molar-refractivity contribution is 0.0595. The van der Waals surface area contributed by atoms with Gasteiger partial charge in [0.2, 0.25) is 17.5 Å². The average molecular weight is 289 g/mol. The van der Waals surface area contributed by atoms with Crippen molar-refractivity contribution in [3.8, 4) is 11.5 Å². The van der Waals surface area contributed by atoms with Crippen LogP contribution in [0.2, 0.25) is 0 Å². The van der Waals surface area contributed by atoms with Gasteiger partial charge in [0, 0.05) is 5.56 Å². The van der Waals surface area contributed by atoms with E-state index in [1.54, 1.807) is 0 Å². The van der Waals surface area contributed by atoms with Crippen molar-refractivity contribution in [2.24, 2.45) is 5.10 Å². The van der Waals surface area contributed by atoms with E-state index in [-0.39, 0.29) is 11.6 Å². The number of benzene rings is 1. The number of hydrogen-bond acceptors (Lipinski definition) is 7. The standard InChI is InChI=1S/C14H15N3O4/c1-3-20-9-15-17-13-11(14(18)19-2)16-12(21-13)10-7-5-4-6-8-10/h4-9,17H,3H2,1-2H3/b15-9-. The van der Waals surface area contributed by atoms with Crippen molar-refractivity contribution in [3.05, 3.63) is 36.0 Å². The number of aromatic nitrogens is 1. The Labute approximate surface area is 121 Å². The van der Waals surface area contributed by atoms with Gasteiger partial charge in [0.25, 0.3) is 0 Å². The van der Waals surface area contributed by atoms with Crippen LogP contribution in [-0.2, 0) is 9.47 Å². The number of carbonyl (C=O) groups is 1. The van der Waals surface area contributed by atoms with E-state index in [2.05, 4.69) is 20.2 Å². The zero-order chi connectivity index (χ0) is 15.1. The third kappa shape index (κ3) is 3.59. The maximum Gasteiger partial charge on any atom is 0.362 e. The molecule has 0 saturated heterocycles. The summed E-state index contributed by atoms with van der Waals surface area (Å²) in [5, 5.41) is 3.78. The van der Waals surface area contributed by atoms with E-state index in [4.69, 9.17) is 9.15 Å². The number of oxazole rings is 1. The van der Waals surface area contributed by atoms with Crippen LogP contribution in [0.4, 0.5) is 5.88 Å². The third-order valence-corrected chi connectivity index (χ3v) is 2.49. The Morgan fingerprint density at radius 1 is 1.43 bits per heavy atom. The Morgan fingerprint density at radius 2 is 2.19 bits per heavy atom. The molecule has 0 aliphatic carbocycles. The monoisotopic (exact) mass is 289 g/mol. The number of anilines is 1. The summed E-state index contributed by atoms with van der Waals surface area (Å²) in [7, 11) is 1.27. The first-order valence-corrected chi connectivity index (χ1v) is 6.30. The molecule has 0 spiro atoms. The van der Waals surface area contributed by atoms with Gasteiger partial charge in [-0.3, -0.25) is 0 Å². The highest BCUT2D eigenvalue weighted by Gasteiger charge is 2.21. The summed E-state index contributed by atoms with van der Waals surface area (Å²) in [6.07, 6.45) is 1.21. The Kier molecular flexibility index (Phi) is 4.92. The van der Waals surface area contributed by atoms with Crippen molar-refractivity contribution in [2.75, 3.05) is 19.1 Å². The molecule has 21 heavy (non-hydrogen) atoms. The van der Waals surface area contributed by atoms with Gasteiger partial charge in [-0.15, -0.1) is 5.10 Å². The lowest BCUT2D eigenvalue weighted by atomic mass is 10.2. The predicted molar refractivity (Wildman–Crippen MR) is 77.0 cm³/mol. The van der Waals surface area contributed by atoms with Crippen molar-refractivity contribution in [3.63, 3.8) is 0 Å². The number of hydrogen-bond donors (Lipinski definition) is 1. The number of rotatable bonds is 6. The second-order valence-corrected chi connectivity index (χ2v) is 3.86. The molecule has 1 aromatic carbocycles. The maximum atomic E-state index is 11.7. The molecule has 0 unspecified atom stereocenters. The highest BCUT2D eigenvalue weighted by Crippen LogP contribution is 2.25. The van der Waals surface area contributed by atoms with Crippen LogP contribution in [-0.4, -0.2) is 31.1 Å². The molecule has 0 saturated carbocycles. The molecule has 7 heteroatoms. The second kappa shape index (κ2) is 7.09. The molecule has 2 rings (SSSR count). The summed E-state index contributed by atoms with van der Waals surface area (Å²) in [5.41, 5.74) is 3.33. The molecule has 0 aliphatic rings. The Balaban J connectivity index is 2.29. The van der Waals surface area contributed by atoms with E-state index >= 15 is 0 Å². The zero-order valence-corrected chi connectivity index (χ0v) is 11.7. The number of nitrogens with zero attached hydrogens (tertiary/aromatic N) is 2. The predicted octanol–water partition coefficient (Wildman–Crippen LogP) is 2.52. The molecule has 1 N–H and O–H groups in total. The van der Waals surface area contributed by atoms with Crippen LogP contribution in [0, 0.1) is 0 Å². The van der Waals surface area contributed by atoms with Crippen LogP contribution < -0.4 is 5.43 Å². The number of ether oxygens (including phenoxy) is 2. The molecule has 0 bridgehead atoms. The van der Waals surface area contributed by atoms with Crippen molar-refractivity contribution in [2.45, 2.75) is 6.92 Å². The number of hydrazone groups is 1. The maximum absolute atomic E-state index is 11.7. The average Bonchev–Trinajstić information content (AvgIpc) is 2.96. The molecule has 0 radical (unpaired) electrons. The first-order chi connectivity index (χ1) is 10.3. The third-order valence-electron chi connectivity index (χ3n) is 2.49. The highest BCUT2D eigenvalue weighted by molar-refractivity contribution is 5.92. The number of methoxy groups -OCH3 is 1. The zero-order valence-electron chi connectivity index (χ0n) is 11.7. The van der Waals surface area contributed by atoms with Gasteiger partial charge in [0.15, 0.2) is 6.40 Å². The van der Waals surface area contributed by atoms with Crippen LogP contribution in [0.5, 0.6) is 0 Å². The summed E-state index contributed by atoms with van der Waals surface area (Å²) in [6.45, 7) is 2.31. The van der Waals surface area contributed by atoms with E-state index in [0.29, 0.717) is 12.5 Å². The molecule has 0 aliphatic heterocycles. The van der Waals surface area contributed by atoms with Gasteiger partial charge in [-0.05, 0) is 19.1 Å². The fourth-order valence-corrected chi connectivity index (χ4v) is 1.53. The molecule has 0 fully saturated rings. The van der Waals surface area contributed by atoms with Gasteiger partial charge in [-0.1, -0.05) is 18.2 Å². The minimum absolute atomic E-state index is 0.0185. The van der Waals surface area contributed by atoms with Crippen LogP contribution in [0.15, 0.2) is 39.9 Å². The lowest BCUT2D eigenvalue weighted by Gasteiger charge is -1.97. The van der Waals surface area contributed by atoms with Gasteiger partial charge >= 0.3 is 5.97 Å². The summed E-state index contributed by atoms with van der Waals surface area (Å²) >= 11 is 0. The van der Waals surface area contributed by atoms with Crippen LogP contribution in [0.25, 0.3) is 11.5 Å². The summed E-state index contributed by atoms with van der Waals surface area (Å²) in [5.74, 6) is -0.225. The van der Waals surface area contributed by atoms with Gasteiger partial charge in [0.1, 0.15) is 0 Å². The van der Waals surface area contributed by atoms with Crippen LogP contribution in [0.3, 0.4) is 0 Å². The smallest absolute Gasteiger partial charge is 0.362 e. The fraction of sp³-hybridized carbons (Fsp3) is 0.214. The summed E-state index contributed by atoms with van der Waals surface area (Å²) in [6, 6.07) is 9.20. The molecule has 1 aromatic heterocycles. The largest absolute Gasteiger partial charge is 0.482 e. The molecule has 110 valence electrons. The van der Waals surface area contributed by atoms with E-state index in [9.17, 15) is 4.79 Å². The van der Waals surface area contributed by atoms with Crippen LogP contribution in [0.1, 0.15) is 17.4 Å². The molecule has 7 nitrogen and oxygen atoms in total. The minimum Gasteiger partial charge on any atom is -0.482 e. The Bertz CT molecular complexity index is 622. The van der Waals surface area contributed by atoms with E-state index < -0.39 is 5.97 Å². The molecule has 0 amide bonds. The molecule has 1 heterocycles. The second-order valence-electron chi connectivity index (χ2n) is 3.86. The lowest BCUT2D eigenvalue weighted by Crippen LogP contribution is -2.05. The van der Waals surface area contributed by atoms with Crippen LogP contribution >= 0.6 is 0 Å². The number of esters is 1. The number of carbonyl (C=O) groups excluding carboxylic acids is 1. The van der Waals surface area contributed by atoms with Gasteiger partial charge in [0.05, 0.1) is 13.7 Å². The normalized spacial score (nSPS) is 10.6. The highest BCUT2D eigenvalue weighted by atomic mass is 16.5. The van der Waals surface area contributed by atoms with E-state index in [1.165, 1.54) is 13.5 Å². The van der Waals surface area contributed by atoms with Gasteiger partial charge < -0.3 is 13.9 Å². The Morgan fingerprint density at radius 3 is 2.86 bits per heavy atom. The first kappa shape index (κ1) is 14.6. The quantitative estimate of drug-likeness (QED) is 0.380. The minimum atomic E-state index is -0.616. The van der Waals surface area contributed by atoms with Crippen molar-refractivity contribution in [1.29, 1.82) is 0 Å². The molecule has 0 atom stereocenters. The summed E-state index contributed by atoms with van der Waals surface area (Å²) in [4.78, 5) is 15.8. The SMILES string of the molecule is CCO/C=N\Nc1oc(-c2ccccc2)nc1C(=O)OC. The Hall–Kier alpha value is -2.83. The van der Waals surface area contributed by atoms with Crippen molar-refractivity contribution < 1.29 is 18.7 Å². The molecular weight excluding hydrogens is 274 g/mol. The van der Waals surface area contributed by atoms with Crippen molar-refractivity contribution >= 4 is 18.3 Å². The summed E-state index contributed by atoms with van der Waals surface area (Å²) < 4.78 is 15.1. The first-order valence-electron chi connectivity index (χ1n) is 6.30. The van der Waals surface area contributed by atoms with E-state index in [1.807, 2.05) is 37.3 Å².